The number of carbonyl (C=O) groups excluding carboxylic acids is 1. The van der Waals surface area contributed by atoms with Crippen molar-refractivity contribution in [2.24, 2.45) is 5.41 Å². The minimum atomic E-state index is -0.867. The lowest BCUT2D eigenvalue weighted by atomic mass is 9.71. The number of aliphatic hydroxyl groups is 1. The maximum absolute atomic E-state index is 12.9. The topological polar surface area (TPSA) is 47.0 Å². The van der Waals surface area contributed by atoms with Gasteiger partial charge in [0.15, 0.2) is 0 Å². The van der Waals surface area contributed by atoms with Crippen LogP contribution < -0.4 is 4.90 Å². The van der Waals surface area contributed by atoms with E-state index in [1.54, 1.807) is 0 Å². The molecule has 0 bridgehead atoms. The van der Waals surface area contributed by atoms with Crippen molar-refractivity contribution < 1.29 is 9.90 Å². The summed E-state index contributed by atoms with van der Waals surface area (Å²) < 4.78 is 0. The van der Waals surface area contributed by atoms with Gasteiger partial charge in [0.1, 0.15) is 0 Å². The quantitative estimate of drug-likeness (QED) is 0.775. The van der Waals surface area contributed by atoms with E-state index in [0.717, 1.165) is 26.2 Å². The van der Waals surface area contributed by atoms with E-state index in [0.29, 0.717) is 36.9 Å². The number of anilines is 1. The highest BCUT2D eigenvalue weighted by Crippen LogP contribution is 2.43. The predicted molar refractivity (Wildman–Crippen MR) is 126 cm³/mol. The summed E-state index contributed by atoms with van der Waals surface area (Å²) >= 11 is 0. The van der Waals surface area contributed by atoms with Gasteiger partial charge in [0.05, 0.1) is 12.0 Å². The van der Waals surface area contributed by atoms with Gasteiger partial charge >= 0.3 is 0 Å². The summed E-state index contributed by atoms with van der Waals surface area (Å²) in [5.41, 5.74) is 2.05. The van der Waals surface area contributed by atoms with Gasteiger partial charge in [-0.1, -0.05) is 26.0 Å². The maximum Gasteiger partial charge on any atom is 0.225 e. The first-order valence-electron chi connectivity index (χ1n) is 12.1. The molecule has 31 heavy (non-hydrogen) atoms. The van der Waals surface area contributed by atoms with Gasteiger partial charge < -0.3 is 14.9 Å². The minimum absolute atomic E-state index is 0.130. The lowest BCUT2D eigenvalue weighted by Gasteiger charge is -2.61. The smallest absolute Gasteiger partial charge is 0.225 e. The first-order valence-corrected chi connectivity index (χ1v) is 12.1. The Kier molecular flexibility index (Phi) is 5.89. The second-order valence-electron chi connectivity index (χ2n) is 11.4. The highest BCUT2D eigenvalue weighted by atomic mass is 16.3. The average Bonchev–Trinajstić information content (AvgIpc) is 2.58. The fourth-order valence-electron chi connectivity index (χ4n) is 6.54. The molecule has 1 N–H and O–H groups in total. The van der Waals surface area contributed by atoms with Gasteiger partial charge in [0, 0.05) is 55.4 Å². The predicted octanol–water partition coefficient (Wildman–Crippen LogP) is 3.86. The van der Waals surface area contributed by atoms with Crippen molar-refractivity contribution in [1.29, 1.82) is 0 Å². The third-order valence-corrected chi connectivity index (χ3v) is 7.83. The van der Waals surface area contributed by atoms with Crippen LogP contribution in [0.5, 0.6) is 0 Å². The first kappa shape index (κ1) is 22.6. The lowest BCUT2D eigenvalue weighted by molar-refractivity contribution is -0.155. The van der Waals surface area contributed by atoms with Gasteiger partial charge in [-0.3, -0.25) is 9.69 Å². The Labute approximate surface area is 188 Å². The molecule has 3 saturated heterocycles. The lowest BCUT2D eigenvalue weighted by Crippen LogP contribution is -2.73. The van der Waals surface area contributed by atoms with Crippen LogP contribution in [0, 0.1) is 5.41 Å². The number of hydrogen-bond donors (Lipinski definition) is 1. The summed E-state index contributed by atoms with van der Waals surface area (Å²) in [4.78, 5) is 19.8. The molecule has 0 radical (unpaired) electrons. The van der Waals surface area contributed by atoms with Crippen LogP contribution in [0.3, 0.4) is 0 Å². The zero-order chi connectivity index (χ0) is 22.6. The molecule has 3 aliphatic rings. The third-order valence-electron chi connectivity index (χ3n) is 7.83. The van der Waals surface area contributed by atoms with Gasteiger partial charge in [0.25, 0.3) is 0 Å². The Bertz CT molecular complexity index is 777. The molecule has 2 unspecified atom stereocenters. The molecule has 1 aromatic carbocycles. The SMILES string of the molecule is CC(C)c1ccc(N2CC3(CN(C(=O)CC4(O)CC(C)N(C(C)C)C(C)C4)C3)C2)cc1. The van der Waals surface area contributed by atoms with Crippen molar-refractivity contribution in [2.45, 2.75) is 90.4 Å². The summed E-state index contributed by atoms with van der Waals surface area (Å²) in [5.74, 6) is 0.687. The maximum atomic E-state index is 12.9. The van der Waals surface area contributed by atoms with Crippen LogP contribution in [0.15, 0.2) is 24.3 Å². The molecule has 3 aliphatic heterocycles. The Morgan fingerprint density at radius 3 is 2.03 bits per heavy atom. The van der Waals surface area contributed by atoms with Crippen molar-refractivity contribution in [2.75, 3.05) is 31.1 Å². The van der Waals surface area contributed by atoms with Crippen LogP contribution in [-0.2, 0) is 4.79 Å². The Morgan fingerprint density at radius 2 is 1.55 bits per heavy atom. The fraction of sp³-hybridized carbons (Fsp3) is 0.731. The number of hydrogen-bond acceptors (Lipinski definition) is 4. The molecule has 2 atom stereocenters. The Balaban J connectivity index is 1.27. The molecule has 1 spiro atoms. The second-order valence-corrected chi connectivity index (χ2v) is 11.4. The number of benzene rings is 1. The van der Waals surface area contributed by atoms with Gasteiger partial charge in [-0.15, -0.1) is 0 Å². The van der Waals surface area contributed by atoms with Gasteiger partial charge in [-0.2, -0.15) is 0 Å². The molecule has 0 aliphatic carbocycles. The molecule has 4 rings (SSSR count). The van der Waals surface area contributed by atoms with Crippen LogP contribution >= 0.6 is 0 Å². The third kappa shape index (κ3) is 4.36. The van der Waals surface area contributed by atoms with Gasteiger partial charge in [-0.25, -0.2) is 0 Å². The molecule has 3 heterocycles. The van der Waals surface area contributed by atoms with Crippen molar-refractivity contribution in [3.8, 4) is 0 Å². The highest BCUT2D eigenvalue weighted by Gasteiger charge is 2.54. The van der Waals surface area contributed by atoms with Crippen LogP contribution in [0.1, 0.15) is 72.3 Å². The second kappa shape index (κ2) is 8.08. The molecular formula is C26H41N3O2. The van der Waals surface area contributed by atoms with Crippen LogP contribution in [-0.4, -0.2) is 70.7 Å². The van der Waals surface area contributed by atoms with E-state index in [1.807, 2.05) is 4.90 Å². The van der Waals surface area contributed by atoms with Crippen LogP contribution in [0.2, 0.25) is 0 Å². The molecule has 3 fully saturated rings. The molecule has 1 amide bonds. The van der Waals surface area contributed by atoms with E-state index in [1.165, 1.54) is 11.3 Å². The van der Waals surface area contributed by atoms with Crippen LogP contribution in [0.4, 0.5) is 5.69 Å². The molecular weight excluding hydrogens is 386 g/mol. The molecule has 0 saturated carbocycles. The number of piperidine rings is 1. The summed E-state index contributed by atoms with van der Waals surface area (Å²) in [6, 6.07) is 9.97. The summed E-state index contributed by atoms with van der Waals surface area (Å²) in [6.45, 7) is 17.0. The van der Waals surface area contributed by atoms with E-state index < -0.39 is 5.60 Å². The first-order chi connectivity index (χ1) is 14.5. The number of nitrogens with zero attached hydrogens (tertiary/aromatic N) is 3. The largest absolute Gasteiger partial charge is 0.389 e. The Morgan fingerprint density at radius 1 is 1.00 bits per heavy atom. The number of likely N-dealkylation sites (tertiary alicyclic amines) is 2. The number of carbonyl (C=O) groups is 1. The zero-order valence-corrected chi connectivity index (χ0v) is 20.3. The van der Waals surface area contributed by atoms with E-state index in [4.69, 9.17) is 0 Å². The highest BCUT2D eigenvalue weighted by molar-refractivity contribution is 5.78. The number of rotatable bonds is 5. The van der Waals surface area contributed by atoms with Crippen LogP contribution in [0.25, 0.3) is 0 Å². The summed E-state index contributed by atoms with van der Waals surface area (Å²) in [6.07, 6.45) is 1.63. The van der Waals surface area contributed by atoms with Crippen molar-refractivity contribution >= 4 is 11.6 Å². The standard InChI is InChI=1S/C26H41N3O2/c1-18(2)22-7-9-23(10-8-22)27-14-25(15-27)16-28(17-25)24(30)13-26(31)11-20(5)29(19(3)4)21(6)12-26/h7-10,18-21,31H,11-17H2,1-6H3. The molecule has 172 valence electrons. The minimum Gasteiger partial charge on any atom is -0.389 e. The zero-order valence-electron chi connectivity index (χ0n) is 20.3. The summed E-state index contributed by atoms with van der Waals surface area (Å²) in [5, 5.41) is 11.2. The van der Waals surface area contributed by atoms with Crippen molar-refractivity contribution in [1.82, 2.24) is 9.80 Å². The molecule has 5 heteroatoms. The van der Waals surface area contributed by atoms with Gasteiger partial charge in [0.2, 0.25) is 5.91 Å². The monoisotopic (exact) mass is 427 g/mol. The van der Waals surface area contributed by atoms with Gasteiger partial charge in [-0.05, 0) is 64.2 Å². The Hall–Kier alpha value is -1.59. The van der Waals surface area contributed by atoms with Crippen molar-refractivity contribution in [3.63, 3.8) is 0 Å². The van der Waals surface area contributed by atoms with E-state index >= 15 is 0 Å². The molecule has 0 aromatic heterocycles. The van der Waals surface area contributed by atoms with E-state index in [2.05, 4.69) is 75.6 Å². The molecule has 1 aromatic rings. The summed E-state index contributed by atoms with van der Waals surface area (Å²) in [7, 11) is 0. The fourth-order valence-corrected chi connectivity index (χ4v) is 6.54. The average molecular weight is 428 g/mol. The van der Waals surface area contributed by atoms with Crippen molar-refractivity contribution in [3.05, 3.63) is 29.8 Å². The number of amides is 1. The molecule has 5 nitrogen and oxygen atoms in total. The normalized spacial score (nSPS) is 30.6. The van der Waals surface area contributed by atoms with E-state index in [-0.39, 0.29) is 17.7 Å². The van der Waals surface area contributed by atoms with E-state index in [9.17, 15) is 9.90 Å².